The van der Waals surface area contributed by atoms with Gasteiger partial charge in [0.2, 0.25) is 5.91 Å². The van der Waals surface area contributed by atoms with Crippen LogP contribution in [0.4, 0.5) is 26.0 Å². The summed E-state index contributed by atoms with van der Waals surface area (Å²) in [5, 5.41) is 5.70. The van der Waals surface area contributed by atoms with Gasteiger partial charge in [-0.25, -0.2) is 4.98 Å². The van der Waals surface area contributed by atoms with Gasteiger partial charge >= 0.3 is 0 Å². The molecule has 0 atom stereocenters. The Morgan fingerprint density at radius 3 is 2.70 bits per heavy atom. The maximum absolute atomic E-state index is 13.7. The highest BCUT2D eigenvalue weighted by atomic mass is 19.3. The van der Waals surface area contributed by atoms with Gasteiger partial charge in [0.05, 0.1) is 18.5 Å². The molecule has 0 unspecified atom stereocenters. The summed E-state index contributed by atoms with van der Waals surface area (Å²) >= 11 is 0. The number of anilines is 3. The quantitative estimate of drug-likeness (QED) is 0.750. The monoisotopic (exact) mass is 376 g/mol. The average Bonchev–Trinajstić information content (AvgIpc) is 3.36. The third kappa shape index (κ3) is 5.35. The zero-order chi connectivity index (χ0) is 19.6. The molecule has 144 valence electrons. The summed E-state index contributed by atoms with van der Waals surface area (Å²) in [6.07, 6.45) is 3.79. The van der Waals surface area contributed by atoms with Gasteiger partial charge in [0.1, 0.15) is 11.5 Å². The number of nitrogens with one attached hydrogen (secondary N) is 2. The molecule has 1 amide bonds. The Bertz CT molecular complexity index is 848. The molecule has 1 saturated carbocycles. The smallest absolute Gasteiger partial charge is 0.287 e. The van der Waals surface area contributed by atoms with Crippen molar-refractivity contribution in [3.8, 4) is 5.75 Å². The molecule has 3 rings (SSSR count). The van der Waals surface area contributed by atoms with E-state index < -0.39 is 5.92 Å². The van der Waals surface area contributed by atoms with Crippen molar-refractivity contribution in [3.05, 3.63) is 35.8 Å². The van der Waals surface area contributed by atoms with Gasteiger partial charge in [0.25, 0.3) is 5.92 Å². The van der Waals surface area contributed by atoms with Gasteiger partial charge in [-0.2, -0.15) is 8.78 Å². The van der Waals surface area contributed by atoms with Crippen molar-refractivity contribution >= 4 is 23.1 Å². The molecule has 0 spiro atoms. The van der Waals surface area contributed by atoms with Gasteiger partial charge in [0, 0.05) is 31.3 Å². The number of ether oxygens (including phenoxy) is 1. The Morgan fingerprint density at radius 2 is 2.07 bits per heavy atom. The number of aromatic nitrogens is 2. The maximum Gasteiger partial charge on any atom is 0.287 e. The largest absolute Gasteiger partial charge is 0.489 e. The lowest BCUT2D eigenvalue weighted by Crippen LogP contribution is -2.12. The maximum atomic E-state index is 13.7. The van der Waals surface area contributed by atoms with Crippen LogP contribution in [0.15, 0.2) is 24.4 Å². The molecule has 27 heavy (non-hydrogen) atoms. The lowest BCUT2D eigenvalue weighted by Gasteiger charge is -2.16. The summed E-state index contributed by atoms with van der Waals surface area (Å²) < 4.78 is 33.2. The first-order valence-corrected chi connectivity index (χ1v) is 8.75. The molecular weight excluding hydrogens is 354 g/mol. The second-order valence-corrected chi connectivity index (χ2v) is 6.90. The van der Waals surface area contributed by atoms with E-state index in [4.69, 9.17) is 4.74 Å². The van der Waals surface area contributed by atoms with E-state index in [2.05, 4.69) is 20.6 Å². The molecule has 0 radical (unpaired) electrons. The van der Waals surface area contributed by atoms with Crippen LogP contribution in [0.25, 0.3) is 0 Å². The van der Waals surface area contributed by atoms with Crippen molar-refractivity contribution < 1.29 is 18.3 Å². The number of carbonyl (C=O) groups excluding carboxylic acids is 1. The first-order valence-electron chi connectivity index (χ1n) is 8.75. The second kappa shape index (κ2) is 7.46. The molecule has 2 heterocycles. The minimum absolute atomic E-state index is 0.257. The lowest BCUT2D eigenvalue weighted by atomic mass is 10.2. The van der Waals surface area contributed by atoms with Crippen LogP contribution < -0.4 is 15.4 Å². The summed E-state index contributed by atoms with van der Waals surface area (Å²) in [5.41, 5.74) is 1.13. The molecule has 1 aliphatic rings. The molecule has 0 aliphatic heterocycles. The van der Waals surface area contributed by atoms with Crippen molar-refractivity contribution in [2.75, 3.05) is 17.2 Å². The first-order chi connectivity index (χ1) is 12.7. The summed E-state index contributed by atoms with van der Waals surface area (Å²) in [5.74, 6) is -1.92. The molecule has 2 N–H and O–H groups in total. The first kappa shape index (κ1) is 19.0. The van der Waals surface area contributed by atoms with E-state index in [9.17, 15) is 13.6 Å². The predicted octanol–water partition coefficient (Wildman–Crippen LogP) is 4.39. The number of hydrogen-bond acceptors (Lipinski definition) is 5. The van der Waals surface area contributed by atoms with E-state index in [1.54, 1.807) is 19.1 Å². The molecule has 0 bridgehead atoms. The van der Waals surface area contributed by atoms with Crippen LogP contribution in [0.2, 0.25) is 0 Å². The van der Waals surface area contributed by atoms with E-state index in [1.165, 1.54) is 19.2 Å². The average molecular weight is 376 g/mol. The highest BCUT2D eigenvalue weighted by Gasteiger charge is 2.27. The Balaban J connectivity index is 1.90. The van der Waals surface area contributed by atoms with Crippen LogP contribution >= 0.6 is 0 Å². The molecule has 1 fully saturated rings. The van der Waals surface area contributed by atoms with E-state index >= 15 is 0 Å². The predicted molar refractivity (Wildman–Crippen MR) is 98.6 cm³/mol. The van der Waals surface area contributed by atoms with Gasteiger partial charge in [-0.05, 0) is 37.8 Å². The van der Waals surface area contributed by atoms with Gasteiger partial charge in [0.15, 0.2) is 5.75 Å². The summed E-state index contributed by atoms with van der Waals surface area (Å²) in [7, 11) is 0. The molecule has 0 aromatic carbocycles. The zero-order valence-corrected chi connectivity index (χ0v) is 15.5. The molecular formula is C19H22F2N4O2. The Hall–Kier alpha value is -2.77. The molecule has 1 aliphatic carbocycles. The molecule has 8 heteroatoms. The topological polar surface area (TPSA) is 76.1 Å². The Labute approximate surface area is 156 Å². The normalized spacial score (nSPS) is 14.0. The summed E-state index contributed by atoms with van der Waals surface area (Å²) in [6, 6.07) is 4.58. The van der Waals surface area contributed by atoms with Crippen molar-refractivity contribution in [1.29, 1.82) is 0 Å². The van der Waals surface area contributed by atoms with Gasteiger partial charge in [-0.15, -0.1) is 0 Å². The Kier molecular flexibility index (Phi) is 5.25. The van der Waals surface area contributed by atoms with Crippen LogP contribution in [-0.4, -0.2) is 22.5 Å². The number of rotatable bonds is 7. The minimum atomic E-state index is -3.05. The third-order valence-electron chi connectivity index (χ3n) is 4.03. The number of halogens is 2. The number of alkyl halides is 2. The van der Waals surface area contributed by atoms with Crippen LogP contribution in [-0.2, 0) is 10.7 Å². The van der Waals surface area contributed by atoms with E-state index in [-0.39, 0.29) is 11.6 Å². The molecule has 2 aromatic heterocycles. The van der Waals surface area contributed by atoms with E-state index in [1.807, 2.05) is 0 Å². The zero-order valence-electron chi connectivity index (χ0n) is 15.5. The lowest BCUT2D eigenvalue weighted by molar-refractivity contribution is -0.114. The van der Waals surface area contributed by atoms with Crippen LogP contribution in [0.1, 0.15) is 38.1 Å². The second-order valence-electron chi connectivity index (χ2n) is 6.90. The fraction of sp³-hybridized carbons (Fsp3) is 0.421. The number of amides is 1. The molecule has 0 saturated heterocycles. The van der Waals surface area contributed by atoms with Gasteiger partial charge in [-0.1, -0.05) is 0 Å². The van der Waals surface area contributed by atoms with E-state index in [0.29, 0.717) is 41.2 Å². The summed E-state index contributed by atoms with van der Waals surface area (Å²) in [4.78, 5) is 19.4. The Morgan fingerprint density at radius 1 is 1.33 bits per heavy atom. The number of hydrogen-bond donors (Lipinski definition) is 2. The van der Waals surface area contributed by atoms with Crippen molar-refractivity contribution in [1.82, 2.24) is 9.97 Å². The highest BCUT2D eigenvalue weighted by Crippen LogP contribution is 2.35. The minimum Gasteiger partial charge on any atom is -0.489 e. The van der Waals surface area contributed by atoms with Crippen LogP contribution in [0, 0.1) is 12.8 Å². The molecule has 2 aromatic rings. The number of carbonyl (C=O) groups is 1. The van der Waals surface area contributed by atoms with Crippen molar-refractivity contribution in [2.24, 2.45) is 5.92 Å². The van der Waals surface area contributed by atoms with Gasteiger partial charge < -0.3 is 15.4 Å². The SMILES string of the molecule is CC(=O)Nc1cc(Nc2cc(C)nc(C(C)(F)F)c2)c(OCC2CC2)cn1. The molecule has 6 nitrogen and oxygen atoms in total. The number of aryl methyl sites for hydroxylation is 1. The fourth-order valence-corrected chi connectivity index (χ4v) is 2.52. The summed E-state index contributed by atoms with van der Waals surface area (Å²) in [6.45, 7) is 4.42. The van der Waals surface area contributed by atoms with Crippen LogP contribution in [0.5, 0.6) is 5.75 Å². The fourth-order valence-electron chi connectivity index (χ4n) is 2.52. The van der Waals surface area contributed by atoms with Gasteiger partial charge in [-0.3, -0.25) is 9.78 Å². The highest BCUT2D eigenvalue weighted by molar-refractivity contribution is 5.88. The van der Waals surface area contributed by atoms with E-state index in [0.717, 1.165) is 19.8 Å². The third-order valence-corrected chi connectivity index (χ3v) is 4.03. The number of pyridine rings is 2. The van der Waals surface area contributed by atoms with Crippen LogP contribution in [0.3, 0.4) is 0 Å². The standard InChI is InChI=1S/C19H22F2N4O2/c1-11-6-14(7-17(23-11)19(3,20)21)25-15-8-18(24-12(2)26)22-9-16(15)27-10-13-4-5-13/h6-9,13H,4-5,10H2,1-3H3,(H2,22,23,24,25,26). The van der Waals surface area contributed by atoms with Crippen molar-refractivity contribution in [2.45, 2.75) is 39.5 Å². The number of nitrogens with zero attached hydrogens (tertiary/aromatic N) is 2. The van der Waals surface area contributed by atoms with Crippen molar-refractivity contribution in [3.63, 3.8) is 0 Å².